The Morgan fingerprint density at radius 2 is 1.88 bits per heavy atom. The second-order valence-corrected chi connectivity index (χ2v) is 10.0. The SMILES string of the molecule is CC(C#CC1CC1)NCC[C@H](Cc1ccccc1)NC(=O)c1cc(Cl)nc(NC(C)C(C)C)c1. The summed E-state index contributed by atoms with van der Waals surface area (Å²) in [6.07, 6.45) is 4.02. The summed E-state index contributed by atoms with van der Waals surface area (Å²) in [5, 5.41) is 10.3. The molecular weight excluding hydrogens is 444 g/mol. The number of aromatic nitrogens is 1. The van der Waals surface area contributed by atoms with Crippen molar-refractivity contribution >= 4 is 23.3 Å². The normalized spacial score (nSPS) is 15.7. The maximum atomic E-state index is 13.2. The maximum absolute atomic E-state index is 13.2. The Labute approximate surface area is 209 Å². The van der Waals surface area contributed by atoms with Gasteiger partial charge in [0.25, 0.3) is 5.91 Å². The van der Waals surface area contributed by atoms with Gasteiger partial charge in [0.2, 0.25) is 0 Å². The van der Waals surface area contributed by atoms with E-state index in [1.54, 1.807) is 12.1 Å². The van der Waals surface area contributed by atoms with Gasteiger partial charge in [0.15, 0.2) is 0 Å². The molecule has 34 heavy (non-hydrogen) atoms. The first-order valence-electron chi connectivity index (χ1n) is 12.3. The molecule has 1 amide bonds. The number of hydrogen-bond donors (Lipinski definition) is 3. The predicted octanol–water partition coefficient (Wildman–Crippen LogP) is 5.31. The fourth-order valence-corrected chi connectivity index (χ4v) is 3.70. The van der Waals surface area contributed by atoms with Crippen LogP contribution in [0.5, 0.6) is 0 Å². The summed E-state index contributed by atoms with van der Waals surface area (Å²) in [5.41, 5.74) is 1.70. The topological polar surface area (TPSA) is 66.0 Å². The van der Waals surface area contributed by atoms with Crippen LogP contribution in [0.25, 0.3) is 0 Å². The van der Waals surface area contributed by atoms with Gasteiger partial charge in [0, 0.05) is 23.6 Å². The fraction of sp³-hybridized carbons (Fsp3) is 0.500. The molecule has 1 saturated carbocycles. The lowest BCUT2D eigenvalue weighted by atomic mass is 10.0. The number of carbonyl (C=O) groups is 1. The van der Waals surface area contributed by atoms with Crippen molar-refractivity contribution in [3.8, 4) is 11.8 Å². The third kappa shape index (κ3) is 9.00. The zero-order valence-corrected chi connectivity index (χ0v) is 21.5. The highest BCUT2D eigenvalue weighted by molar-refractivity contribution is 6.29. The second kappa shape index (κ2) is 12.8. The number of rotatable bonds is 11. The van der Waals surface area contributed by atoms with Crippen LogP contribution < -0.4 is 16.0 Å². The molecule has 2 unspecified atom stereocenters. The van der Waals surface area contributed by atoms with E-state index in [2.05, 4.69) is 72.6 Å². The van der Waals surface area contributed by atoms with Gasteiger partial charge < -0.3 is 16.0 Å². The van der Waals surface area contributed by atoms with Crippen LogP contribution in [-0.4, -0.2) is 35.6 Å². The number of benzene rings is 1. The molecule has 6 heteroatoms. The minimum absolute atomic E-state index is 0.0241. The van der Waals surface area contributed by atoms with Crippen molar-refractivity contribution in [2.45, 2.75) is 71.5 Å². The van der Waals surface area contributed by atoms with E-state index in [1.807, 2.05) is 18.2 Å². The van der Waals surface area contributed by atoms with E-state index < -0.39 is 0 Å². The minimum atomic E-state index is -0.146. The molecule has 3 atom stereocenters. The van der Waals surface area contributed by atoms with Gasteiger partial charge in [-0.05, 0) is 69.7 Å². The Hall–Kier alpha value is -2.55. The molecule has 3 N–H and O–H groups in total. The zero-order valence-electron chi connectivity index (χ0n) is 20.7. The third-order valence-electron chi connectivity index (χ3n) is 6.12. The lowest BCUT2D eigenvalue weighted by Crippen LogP contribution is -2.39. The first-order chi connectivity index (χ1) is 16.3. The maximum Gasteiger partial charge on any atom is 0.251 e. The minimum Gasteiger partial charge on any atom is -0.367 e. The Bertz CT molecular complexity index is 994. The number of anilines is 1. The first kappa shape index (κ1) is 26.1. The first-order valence-corrected chi connectivity index (χ1v) is 12.7. The van der Waals surface area contributed by atoms with E-state index in [-0.39, 0.29) is 24.0 Å². The number of hydrogen-bond acceptors (Lipinski definition) is 4. The average Bonchev–Trinajstić information content (AvgIpc) is 3.62. The number of halogens is 1. The van der Waals surface area contributed by atoms with Crippen molar-refractivity contribution in [1.29, 1.82) is 0 Å². The van der Waals surface area contributed by atoms with Crippen LogP contribution in [0.3, 0.4) is 0 Å². The summed E-state index contributed by atoms with van der Waals surface area (Å²) in [6.45, 7) is 9.22. The van der Waals surface area contributed by atoms with Crippen LogP contribution in [0.15, 0.2) is 42.5 Å². The molecule has 1 aliphatic carbocycles. The molecule has 0 saturated heterocycles. The van der Waals surface area contributed by atoms with Crippen molar-refractivity contribution in [2.75, 3.05) is 11.9 Å². The molecule has 1 aromatic heterocycles. The van der Waals surface area contributed by atoms with Gasteiger partial charge >= 0.3 is 0 Å². The predicted molar refractivity (Wildman–Crippen MR) is 141 cm³/mol. The van der Waals surface area contributed by atoms with Gasteiger partial charge in [-0.25, -0.2) is 4.98 Å². The Morgan fingerprint density at radius 3 is 2.56 bits per heavy atom. The highest BCUT2D eigenvalue weighted by atomic mass is 35.5. The van der Waals surface area contributed by atoms with E-state index in [4.69, 9.17) is 11.6 Å². The number of amides is 1. The standard InChI is InChI=1S/C28H37ClN4O/c1-19(2)21(4)31-27-18-24(17-26(29)33-27)28(34)32-25(16-23-8-6-5-7-9-23)14-15-30-20(3)10-11-22-12-13-22/h5-9,17-22,25,30H,12-16H2,1-4H3,(H,31,33)(H,32,34)/t20?,21?,25-/m1/s1. The molecule has 0 bridgehead atoms. The quantitative estimate of drug-likeness (QED) is 0.301. The molecule has 1 aliphatic rings. The third-order valence-corrected chi connectivity index (χ3v) is 6.31. The average molecular weight is 481 g/mol. The molecule has 5 nitrogen and oxygen atoms in total. The lowest BCUT2D eigenvalue weighted by molar-refractivity contribution is 0.0934. The van der Waals surface area contributed by atoms with E-state index in [0.717, 1.165) is 19.4 Å². The molecule has 0 aliphatic heterocycles. The molecule has 1 heterocycles. The summed E-state index contributed by atoms with van der Waals surface area (Å²) in [4.78, 5) is 17.5. The molecule has 182 valence electrons. The summed E-state index contributed by atoms with van der Waals surface area (Å²) in [7, 11) is 0. The smallest absolute Gasteiger partial charge is 0.251 e. The van der Waals surface area contributed by atoms with Gasteiger partial charge in [-0.3, -0.25) is 4.79 Å². The molecule has 3 rings (SSSR count). The van der Waals surface area contributed by atoms with Crippen molar-refractivity contribution in [3.05, 3.63) is 58.7 Å². The lowest BCUT2D eigenvalue weighted by Gasteiger charge is -2.21. The number of carbonyl (C=O) groups excluding carboxylic acids is 1. The van der Waals surface area contributed by atoms with Crippen LogP contribution in [-0.2, 0) is 6.42 Å². The summed E-state index contributed by atoms with van der Waals surface area (Å²) < 4.78 is 0. The molecular formula is C28H37ClN4O. The van der Waals surface area contributed by atoms with Crippen molar-refractivity contribution < 1.29 is 4.79 Å². The van der Waals surface area contributed by atoms with Gasteiger partial charge in [0.1, 0.15) is 11.0 Å². The molecule has 2 aromatic rings. The fourth-order valence-electron chi connectivity index (χ4n) is 3.49. The van der Waals surface area contributed by atoms with E-state index in [9.17, 15) is 4.79 Å². The molecule has 0 radical (unpaired) electrons. The monoisotopic (exact) mass is 480 g/mol. The van der Waals surface area contributed by atoms with E-state index in [1.165, 1.54) is 18.4 Å². The van der Waals surface area contributed by atoms with Crippen LogP contribution in [0, 0.1) is 23.7 Å². The van der Waals surface area contributed by atoms with Crippen LogP contribution >= 0.6 is 11.6 Å². The number of nitrogens with one attached hydrogen (secondary N) is 3. The van der Waals surface area contributed by atoms with E-state index >= 15 is 0 Å². The van der Waals surface area contributed by atoms with Gasteiger partial charge in [-0.1, -0.05) is 67.6 Å². The molecule has 0 spiro atoms. The van der Waals surface area contributed by atoms with Gasteiger partial charge in [-0.2, -0.15) is 0 Å². The molecule has 1 aromatic carbocycles. The summed E-state index contributed by atoms with van der Waals surface area (Å²) in [5.74, 6) is 8.10. The summed E-state index contributed by atoms with van der Waals surface area (Å²) >= 11 is 6.24. The van der Waals surface area contributed by atoms with Gasteiger partial charge in [-0.15, -0.1) is 0 Å². The Balaban J connectivity index is 1.65. The summed E-state index contributed by atoms with van der Waals surface area (Å²) in [6, 6.07) is 14.0. The second-order valence-electron chi connectivity index (χ2n) is 9.63. The van der Waals surface area contributed by atoms with E-state index in [0.29, 0.717) is 28.4 Å². The Morgan fingerprint density at radius 1 is 1.15 bits per heavy atom. The van der Waals surface area contributed by atoms with Crippen molar-refractivity contribution in [3.63, 3.8) is 0 Å². The largest absolute Gasteiger partial charge is 0.367 e. The van der Waals surface area contributed by atoms with Crippen LogP contribution in [0.2, 0.25) is 5.15 Å². The van der Waals surface area contributed by atoms with Crippen molar-refractivity contribution in [1.82, 2.24) is 15.6 Å². The van der Waals surface area contributed by atoms with Gasteiger partial charge in [0.05, 0.1) is 6.04 Å². The number of nitrogens with zero attached hydrogens (tertiary/aromatic N) is 1. The van der Waals surface area contributed by atoms with Crippen LogP contribution in [0.4, 0.5) is 5.82 Å². The Kier molecular flexibility index (Phi) is 9.80. The highest BCUT2D eigenvalue weighted by Gasteiger charge is 2.19. The van der Waals surface area contributed by atoms with Crippen LogP contribution in [0.1, 0.15) is 62.9 Å². The highest BCUT2D eigenvalue weighted by Crippen LogP contribution is 2.27. The molecule has 1 fully saturated rings. The number of pyridine rings is 1. The van der Waals surface area contributed by atoms with Crippen molar-refractivity contribution in [2.24, 2.45) is 11.8 Å². The zero-order chi connectivity index (χ0) is 24.5.